The number of thiophene rings is 1. The molecule has 8 heavy (non-hydrogen) atoms. The van der Waals surface area contributed by atoms with Crippen molar-refractivity contribution in [2.45, 2.75) is 6.54 Å². The van der Waals surface area contributed by atoms with Crippen LogP contribution in [0.5, 0.6) is 0 Å². The smallest absolute Gasteiger partial charge is 0.0701 e. The summed E-state index contributed by atoms with van der Waals surface area (Å²) in [6.45, 7) is 0.641. The standard InChI is InChI=1S/C5H6BrNS/c6-5-1-4(2-7)3-8-5/h1,3H,2,7H2. The Kier molecular flexibility index (Phi) is 2.05. The van der Waals surface area contributed by atoms with Crippen LogP contribution in [0.3, 0.4) is 0 Å². The van der Waals surface area contributed by atoms with E-state index in [4.69, 9.17) is 5.73 Å². The van der Waals surface area contributed by atoms with E-state index in [9.17, 15) is 0 Å². The number of nitrogens with two attached hydrogens (primary N) is 1. The molecule has 0 fully saturated rings. The Morgan fingerprint density at radius 3 is 2.75 bits per heavy atom. The molecular weight excluding hydrogens is 186 g/mol. The molecule has 3 heteroatoms. The van der Waals surface area contributed by atoms with E-state index in [0.717, 1.165) is 3.79 Å². The van der Waals surface area contributed by atoms with Gasteiger partial charge in [0.05, 0.1) is 3.79 Å². The molecule has 1 nitrogen and oxygen atoms in total. The lowest BCUT2D eigenvalue weighted by molar-refractivity contribution is 1.08. The molecule has 0 saturated carbocycles. The Morgan fingerprint density at radius 2 is 2.50 bits per heavy atom. The van der Waals surface area contributed by atoms with Crippen molar-refractivity contribution in [2.75, 3.05) is 0 Å². The van der Waals surface area contributed by atoms with Gasteiger partial charge in [-0.15, -0.1) is 11.3 Å². The first-order valence-corrected chi connectivity index (χ1v) is 3.93. The van der Waals surface area contributed by atoms with Gasteiger partial charge in [-0.25, -0.2) is 0 Å². The van der Waals surface area contributed by atoms with E-state index in [1.807, 2.05) is 11.4 Å². The second-order valence-electron chi connectivity index (χ2n) is 1.46. The van der Waals surface area contributed by atoms with Gasteiger partial charge in [0.1, 0.15) is 0 Å². The minimum absolute atomic E-state index is 0.641. The average molecular weight is 192 g/mol. The number of hydrogen-bond donors (Lipinski definition) is 1. The molecule has 0 saturated heterocycles. The highest BCUT2D eigenvalue weighted by Gasteiger charge is 1.91. The Labute approximate surface area is 60.6 Å². The van der Waals surface area contributed by atoms with Crippen LogP contribution in [0.2, 0.25) is 0 Å². The first-order chi connectivity index (χ1) is 3.83. The van der Waals surface area contributed by atoms with Gasteiger partial charge in [-0.2, -0.15) is 0 Å². The molecule has 2 N–H and O–H groups in total. The zero-order valence-electron chi connectivity index (χ0n) is 4.23. The molecule has 0 aromatic carbocycles. The van der Waals surface area contributed by atoms with Gasteiger partial charge in [0.2, 0.25) is 0 Å². The lowest BCUT2D eigenvalue weighted by Crippen LogP contribution is -1.92. The lowest BCUT2D eigenvalue weighted by atomic mass is 10.4. The van der Waals surface area contributed by atoms with Gasteiger partial charge in [0.15, 0.2) is 0 Å². The van der Waals surface area contributed by atoms with Gasteiger partial charge < -0.3 is 5.73 Å². The van der Waals surface area contributed by atoms with Gasteiger partial charge in [-0.1, -0.05) is 0 Å². The first kappa shape index (κ1) is 6.26. The summed E-state index contributed by atoms with van der Waals surface area (Å²) in [6.07, 6.45) is 0. The molecule has 0 spiro atoms. The Balaban J connectivity index is 2.84. The summed E-state index contributed by atoms with van der Waals surface area (Å²) < 4.78 is 1.15. The van der Waals surface area contributed by atoms with Crippen molar-refractivity contribution >= 4 is 27.3 Å². The van der Waals surface area contributed by atoms with Crippen LogP contribution < -0.4 is 5.73 Å². The van der Waals surface area contributed by atoms with Crippen molar-refractivity contribution in [1.29, 1.82) is 0 Å². The van der Waals surface area contributed by atoms with Crippen molar-refractivity contribution < 1.29 is 0 Å². The van der Waals surface area contributed by atoms with Crippen LogP contribution in [0.15, 0.2) is 15.2 Å². The molecule has 0 unspecified atom stereocenters. The molecule has 1 aromatic rings. The summed E-state index contributed by atoms with van der Waals surface area (Å²) in [6, 6.07) is 2.03. The first-order valence-electron chi connectivity index (χ1n) is 2.26. The van der Waals surface area contributed by atoms with E-state index in [1.165, 1.54) is 5.56 Å². The van der Waals surface area contributed by atoms with E-state index in [0.29, 0.717) is 6.54 Å². The maximum Gasteiger partial charge on any atom is 0.0701 e. The highest BCUT2D eigenvalue weighted by atomic mass is 79.9. The van der Waals surface area contributed by atoms with Gasteiger partial charge in [-0.05, 0) is 32.9 Å². The van der Waals surface area contributed by atoms with E-state index in [-0.39, 0.29) is 0 Å². The quantitative estimate of drug-likeness (QED) is 0.723. The van der Waals surface area contributed by atoms with Crippen molar-refractivity contribution in [3.63, 3.8) is 0 Å². The molecule has 0 atom stereocenters. The van der Waals surface area contributed by atoms with Crippen molar-refractivity contribution in [3.8, 4) is 0 Å². The number of halogens is 1. The fourth-order valence-corrected chi connectivity index (χ4v) is 1.67. The summed E-state index contributed by atoms with van der Waals surface area (Å²) >= 11 is 5.00. The van der Waals surface area contributed by atoms with Crippen LogP contribution in [0, 0.1) is 0 Å². The van der Waals surface area contributed by atoms with E-state index in [2.05, 4.69) is 15.9 Å². The summed E-state index contributed by atoms with van der Waals surface area (Å²) in [4.78, 5) is 0. The van der Waals surface area contributed by atoms with Crippen molar-refractivity contribution in [1.82, 2.24) is 0 Å². The molecule has 1 rings (SSSR count). The lowest BCUT2D eigenvalue weighted by Gasteiger charge is -1.80. The van der Waals surface area contributed by atoms with Crippen LogP contribution >= 0.6 is 27.3 Å². The van der Waals surface area contributed by atoms with Gasteiger partial charge in [0, 0.05) is 6.54 Å². The molecule has 0 amide bonds. The molecule has 0 aliphatic heterocycles. The molecule has 1 aromatic heterocycles. The molecule has 1 heterocycles. The Hall–Kier alpha value is 0.140. The minimum atomic E-state index is 0.641. The molecule has 0 radical (unpaired) electrons. The van der Waals surface area contributed by atoms with E-state index < -0.39 is 0 Å². The summed E-state index contributed by atoms with van der Waals surface area (Å²) in [7, 11) is 0. The minimum Gasteiger partial charge on any atom is -0.326 e. The molecule has 0 aliphatic carbocycles. The predicted molar refractivity (Wildman–Crippen MR) is 39.9 cm³/mol. The third kappa shape index (κ3) is 1.31. The van der Waals surface area contributed by atoms with E-state index in [1.54, 1.807) is 11.3 Å². The molecule has 0 bridgehead atoms. The molecule has 0 aliphatic rings. The van der Waals surface area contributed by atoms with Gasteiger partial charge >= 0.3 is 0 Å². The molecular formula is C5H6BrNS. The Morgan fingerprint density at radius 1 is 1.75 bits per heavy atom. The van der Waals surface area contributed by atoms with Crippen LogP contribution in [0.25, 0.3) is 0 Å². The highest BCUT2D eigenvalue weighted by Crippen LogP contribution is 2.19. The van der Waals surface area contributed by atoms with Gasteiger partial charge in [0.25, 0.3) is 0 Å². The summed E-state index contributed by atoms with van der Waals surface area (Å²) in [5, 5.41) is 2.05. The largest absolute Gasteiger partial charge is 0.326 e. The second-order valence-corrected chi connectivity index (χ2v) is 3.75. The monoisotopic (exact) mass is 191 g/mol. The maximum atomic E-state index is 5.35. The third-order valence-electron chi connectivity index (χ3n) is 0.857. The maximum absolute atomic E-state index is 5.35. The summed E-state index contributed by atoms with van der Waals surface area (Å²) in [5.74, 6) is 0. The second kappa shape index (κ2) is 2.62. The SMILES string of the molecule is NCc1csc(Br)c1. The predicted octanol–water partition coefficient (Wildman–Crippen LogP) is 1.97. The fourth-order valence-electron chi connectivity index (χ4n) is 0.453. The highest BCUT2D eigenvalue weighted by molar-refractivity contribution is 9.11. The average Bonchev–Trinajstić information content (AvgIpc) is 2.14. The van der Waals surface area contributed by atoms with Crippen molar-refractivity contribution in [2.24, 2.45) is 5.73 Å². The zero-order chi connectivity index (χ0) is 5.98. The normalized spacial score (nSPS) is 9.75. The topological polar surface area (TPSA) is 26.0 Å². The fraction of sp³-hybridized carbons (Fsp3) is 0.200. The van der Waals surface area contributed by atoms with Crippen molar-refractivity contribution in [3.05, 3.63) is 20.8 Å². The van der Waals surface area contributed by atoms with Crippen LogP contribution in [-0.4, -0.2) is 0 Å². The van der Waals surface area contributed by atoms with Crippen LogP contribution in [0.4, 0.5) is 0 Å². The van der Waals surface area contributed by atoms with Crippen LogP contribution in [0.1, 0.15) is 5.56 Å². The van der Waals surface area contributed by atoms with Crippen LogP contribution in [-0.2, 0) is 6.54 Å². The van der Waals surface area contributed by atoms with E-state index >= 15 is 0 Å². The third-order valence-corrected chi connectivity index (χ3v) is 2.41. The zero-order valence-corrected chi connectivity index (χ0v) is 6.63. The Bertz CT molecular complexity index is 173. The van der Waals surface area contributed by atoms with Gasteiger partial charge in [-0.3, -0.25) is 0 Å². The number of hydrogen-bond acceptors (Lipinski definition) is 2. The summed E-state index contributed by atoms with van der Waals surface area (Å²) in [5.41, 5.74) is 6.55. The number of rotatable bonds is 1. The molecule has 44 valence electrons.